The van der Waals surface area contributed by atoms with Gasteiger partial charge >= 0.3 is 0 Å². The molecule has 2 heterocycles. The average molecular weight is 292 g/mol. The number of piperidine rings is 1. The van der Waals surface area contributed by atoms with Gasteiger partial charge in [-0.1, -0.05) is 0 Å². The van der Waals surface area contributed by atoms with Crippen molar-refractivity contribution in [3.05, 3.63) is 24.0 Å². The maximum absolute atomic E-state index is 12.7. The molecule has 1 aromatic heterocycles. The van der Waals surface area contributed by atoms with E-state index >= 15 is 0 Å². The van der Waals surface area contributed by atoms with Gasteiger partial charge in [-0.05, 0) is 32.0 Å². The first-order valence-corrected chi connectivity index (χ1v) is 6.91. The average Bonchev–Trinajstić information content (AvgIpc) is 2.52. The molecule has 1 aromatic rings. The molecule has 0 spiro atoms. The minimum Gasteiger partial charge on any atom is -0.494 e. The van der Waals surface area contributed by atoms with E-state index in [1.165, 1.54) is 19.5 Å². The van der Waals surface area contributed by atoms with E-state index in [0.29, 0.717) is 11.3 Å². The third-order valence-electron chi connectivity index (χ3n) is 3.57. The summed E-state index contributed by atoms with van der Waals surface area (Å²) >= 11 is 0. The molecule has 1 saturated heterocycles. The summed E-state index contributed by atoms with van der Waals surface area (Å²) in [4.78, 5) is 29.5. The Bertz CT molecular complexity index is 515. The number of amides is 2. The smallest absolute Gasteiger partial charge is 0.258 e. The molecule has 7 nitrogen and oxygen atoms in total. The predicted molar refractivity (Wildman–Crippen MR) is 76.9 cm³/mol. The molecule has 3 N–H and O–H groups in total. The zero-order valence-corrected chi connectivity index (χ0v) is 12.0. The van der Waals surface area contributed by atoms with Crippen LogP contribution in [0.15, 0.2) is 18.5 Å². The third-order valence-corrected chi connectivity index (χ3v) is 3.57. The van der Waals surface area contributed by atoms with E-state index < -0.39 is 5.91 Å². The van der Waals surface area contributed by atoms with Gasteiger partial charge in [-0.15, -0.1) is 0 Å². The molecule has 0 radical (unpaired) electrons. The first-order chi connectivity index (χ1) is 10.1. The Morgan fingerprint density at radius 3 is 2.81 bits per heavy atom. The molecule has 114 valence electrons. The monoisotopic (exact) mass is 292 g/mol. The van der Waals surface area contributed by atoms with E-state index in [2.05, 4.69) is 10.3 Å². The van der Waals surface area contributed by atoms with Crippen LogP contribution in [-0.2, 0) is 4.79 Å². The Morgan fingerprint density at radius 1 is 1.48 bits per heavy atom. The van der Waals surface area contributed by atoms with E-state index in [-0.39, 0.29) is 18.5 Å². The molecule has 1 fully saturated rings. The van der Waals surface area contributed by atoms with Crippen molar-refractivity contribution in [3.8, 4) is 5.75 Å². The Kier molecular flexibility index (Phi) is 5.10. The highest BCUT2D eigenvalue weighted by molar-refractivity contribution is 5.98. The lowest BCUT2D eigenvalue weighted by Crippen LogP contribution is -2.49. The van der Waals surface area contributed by atoms with Crippen molar-refractivity contribution >= 4 is 11.8 Å². The number of aromatic nitrogens is 1. The Morgan fingerprint density at radius 2 is 2.19 bits per heavy atom. The highest BCUT2D eigenvalue weighted by Crippen LogP contribution is 2.21. The summed E-state index contributed by atoms with van der Waals surface area (Å²) in [5, 5.41) is 3.24. The maximum atomic E-state index is 12.7. The van der Waals surface area contributed by atoms with E-state index in [1.54, 1.807) is 11.0 Å². The van der Waals surface area contributed by atoms with Crippen molar-refractivity contribution in [3.63, 3.8) is 0 Å². The van der Waals surface area contributed by atoms with Gasteiger partial charge in [-0.25, -0.2) is 0 Å². The van der Waals surface area contributed by atoms with Gasteiger partial charge in [0.15, 0.2) is 0 Å². The van der Waals surface area contributed by atoms with Gasteiger partial charge in [0.1, 0.15) is 5.75 Å². The van der Waals surface area contributed by atoms with Gasteiger partial charge in [0.25, 0.3) is 5.91 Å². The number of nitrogens with zero attached hydrogens (tertiary/aromatic N) is 2. The quantitative estimate of drug-likeness (QED) is 0.781. The van der Waals surface area contributed by atoms with Crippen LogP contribution < -0.4 is 15.8 Å². The molecule has 1 aliphatic rings. The van der Waals surface area contributed by atoms with Crippen molar-refractivity contribution < 1.29 is 14.3 Å². The Hall–Kier alpha value is -2.15. The van der Waals surface area contributed by atoms with Crippen molar-refractivity contribution in [2.75, 3.05) is 26.7 Å². The van der Waals surface area contributed by atoms with Crippen LogP contribution in [0.2, 0.25) is 0 Å². The zero-order valence-electron chi connectivity index (χ0n) is 12.0. The Labute approximate surface area is 123 Å². The predicted octanol–water partition coefficient (Wildman–Crippen LogP) is -0.230. The SMILES string of the molecule is COc1cnccc1C(=O)N(CC(N)=O)C1CCNCC1. The standard InChI is InChI=1S/C14H20N4O3/c1-21-12-8-17-7-4-11(12)14(20)18(9-13(15)19)10-2-5-16-6-3-10/h4,7-8,10,16H,2-3,5-6,9H2,1H3,(H2,15,19). The fourth-order valence-electron chi connectivity index (χ4n) is 2.53. The topological polar surface area (TPSA) is 97.6 Å². The molecule has 0 saturated carbocycles. The third kappa shape index (κ3) is 3.69. The molecule has 1 aliphatic heterocycles. The molecule has 7 heteroatoms. The van der Waals surface area contributed by atoms with Crippen LogP contribution in [0.3, 0.4) is 0 Å². The summed E-state index contributed by atoms with van der Waals surface area (Å²) in [6.45, 7) is 1.55. The zero-order chi connectivity index (χ0) is 15.2. The molecule has 0 atom stereocenters. The molecule has 0 aromatic carbocycles. The number of primary amides is 1. The summed E-state index contributed by atoms with van der Waals surface area (Å²) in [7, 11) is 1.48. The van der Waals surface area contributed by atoms with Gasteiger partial charge < -0.3 is 20.7 Å². The van der Waals surface area contributed by atoms with Gasteiger partial charge in [0, 0.05) is 12.2 Å². The maximum Gasteiger partial charge on any atom is 0.258 e. The van der Waals surface area contributed by atoms with Crippen LogP contribution >= 0.6 is 0 Å². The van der Waals surface area contributed by atoms with Crippen LogP contribution in [0, 0.1) is 0 Å². The molecule has 21 heavy (non-hydrogen) atoms. The van der Waals surface area contributed by atoms with Crippen LogP contribution in [-0.4, -0.2) is 54.5 Å². The fourth-order valence-corrected chi connectivity index (χ4v) is 2.53. The van der Waals surface area contributed by atoms with Gasteiger partial charge in [0.05, 0.1) is 25.4 Å². The van der Waals surface area contributed by atoms with Gasteiger partial charge in [-0.2, -0.15) is 0 Å². The number of carbonyl (C=O) groups is 2. The summed E-state index contributed by atoms with van der Waals surface area (Å²) in [6.07, 6.45) is 4.61. The van der Waals surface area contributed by atoms with Crippen LogP contribution in [0.1, 0.15) is 23.2 Å². The number of methoxy groups -OCH3 is 1. The number of hydrogen-bond acceptors (Lipinski definition) is 5. The summed E-state index contributed by atoms with van der Waals surface area (Å²) in [5.41, 5.74) is 5.69. The first-order valence-electron chi connectivity index (χ1n) is 6.91. The molecule has 2 amide bonds. The summed E-state index contributed by atoms with van der Waals surface area (Å²) < 4.78 is 5.17. The van der Waals surface area contributed by atoms with Crippen LogP contribution in [0.5, 0.6) is 5.75 Å². The van der Waals surface area contributed by atoms with E-state index in [4.69, 9.17) is 10.5 Å². The van der Waals surface area contributed by atoms with Crippen molar-refractivity contribution in [2.45, 2.75) is 18.9 Å². The molecular weight excluding hydrogens is 272 g/mol. The molecule has 2 rings (SSSR count). The number of ether oxygens (including phenoxy) is 1. The fraction of sp³-hybridized carbons (Fsp3) is 0.500. The molecule has 0 aliphatic carbocycles. The second kappa shape index (κ2) is 7.03. The second-order valence-corrected chi connectivity index (χ2v) is 4.96. The van der Waals surface area contributed by atoms with Crippen LogP contribution in [0.4, 0.5) is 0 Å². The lowest BCUT2D eigenvalue weighted by atomic mass is 10.0. The Balaban J connectivity index is 2.26. The second-order valence-electron chi connectivity index (χ2n) is 4.96. The van der Waals surface area contributed by atoms with Crippen LogP contribution in [0.25, 0.3) is 0 Å². The number of pyridine rings is 1. The van der Waals surface area contributed by atoms with Crippen molar-refractivity contribution in [2.24, 2.45) is 5.73 Å². The number of hydrogen-bond donors (Lipinski definition) is 2. The minimum atomic E-state index is -0.519. The van der Waals surface area contributed by atoms with Gasteiger partial charge in [0.2, 0.25) is 5.91 Å². The highest BCUT2D eigenvalue weighted by atomic mass is 16.5. The lowest BCUT2D eigenvalue weighted by molar-refractivity contribution is -0.119. The number of carbonyl (C=O) groups excluding carboxylic acids is 2. The highest BCUT2D eigenvalue weighted by Gasteiger charge is 2.28. The number of nitrogens with one attached hydrogen (secondary N) is 1. The van der Waals surface area contributed by atoms with Crippen molar-refractivity contribution in [1.29, 1.82) is 0 Å². The largest absolute Gasteiger partial charge is 0.494 e. The normalized spacial score (nSPS) is 15.5. The molecule has 0 bridgehead atoms. The molecule has 0 unspecified atom stereocenters. The van der Waals surface area contributed by atoms with E-state index in [1.807, 2.05) is 0 Å². The van der Waals surface area contributed by atoms with E-state index in [0.717, 1.165) is 25.9 Å². The minimum absolute atomic E-state index is 0.00382. The molecular formula is C14H20N4O3. The lowest BCUT2D eigenvalue weighted by Gasteiger charge is -2.34. The number of rotatable bonds is 5. The van der Waals surface area contributed by atoms with Crippen molar-refractivity contribution in [1.82, 2.24) is 15.2 Å². The summed E-state index contributed by atoms with van der Waals surface area (Å²) in [6, 6.07) is 1.60. The number of nitrogens with two attached hydrogens (primary N) is 1. The first kappa shape index (κ1) is 15.2. The summed E-state index contributed by atoms with van der Waals surface area (Å²) in [5.74, 6) is -0.374. The van der Waals surface area contributed by atoms with E-state index in [9.17, 15) is 9.59 Å². The van der Waals surface area contributed by atoms with Gasteiger partial charge in [-0.3, -0.25) is 14.6 Å².